The van der Waals surface area contributed by atoms with Crippen LogP contribution in [0.4, 0.5) is 0 Å². The Balaban J connectivity index is 1.64. The second-order valence-electron chi connectivity index (χ2n) is 6.23. The van der Waals surface area contributed by atoms with E-state index >= 15 is 0 Å². The summed E-state index contributed by atoms with van der Waals surface area (Å²) in [6, 6.07) is 9.70. The van der Waals surface area contributed by atoms with Crippen LogP contribution in [0.5, 0.6) is 0 Å². The quantitative estimate of drug-likeness (QED) is 0.891. The van der Waals surface area contributed by atoms with E-state index in [9.17, 15) is 9.90 Å². The topological polar surface area (TPSA) is 67.2 Å². The molecule has 0 saturated heterocycles. The van der Waals surface area contributed by atoms with Crippen molar-refractivity contribution in [1.29, 1.82) is 0 Å². The van der Waals surface area contributed by atoms with Gasteiger partial charge < -0.3 is 10.4 Å². The van der Waals surface area contributed by atoms with Crippen LogP contribution in [0.2, 0.25) is 0 Å². The number of aliphatic hydroxyl groups is 1. The summed E-state index contributed by atoms with van der Waals surface area (Å²) in [7, 11) is 0. The molecule has 0 spiro atoms. The molecule has 1 aromatic heterocycles. The predicted octanol–water partition coefficient (Wildman–Crippen LogP) is 2.46. The van der Waals surface area contributed by atoms with Gasteiger partial charge in [0, 0.05) is 12.7 Å². The molecule has 2 N–H and O–H groups in total. The highest BCUT2D eigenvalue weighted by molar-refractivity contribution is 5.95. The zero-order chi connectivity index (χ0) is 16.2. The van der Waals surface area contributed by atoms with E-state index < -0.39 is 6.10 Å². The van der Waals surface area contributed by atoms with Gasteiger partial charge >= 0.3 is 0 Å². The maximum atomic E-state index is 12.4. The van der Waals surface area contributed by atoms with Crippen LogP contribution in [0.3, 0.4) is 0 Å². The number of nitrogens with zero attached hydrogens (tertiary/aromatic N) is 2. The van der Waals surface area contributed by atoms with Gasteiger partial charge in [-0.05, 0) is 37.8 Å². The first-order valence-electron chi connectivity index (χ1n) is 8.23. The van der Waals surface area contributed by atoms with Crippen molar-refractivity contribution >= 4 is 5.91 Å². The lowest BCUT2D eigenvalue weighted by Crippen LogP contribution is -2.35. The van der Waals surface area contributed by atoms with E-state index in [0.717, 1.165) is 18.5 Å². The molecule has 23 heavy (non-hydrogen) atoms. The minimum absolute atomic E-state index is 0.179. The van der Waals surface area contributed by atoms with Crippen LogP contribution in [-0.4, -0.2) is 33.4 Å². The molecule has 2 aromatic rings. The number of nitrogens with one attached hydrogen (secondary N) is 1. The molecule has 1 amide bonds. The number of benzene rings is 1. The minimum atomic E-state index is -0.453. The largest absolute Gasteiger partial charge is 0.391 e. The molecule has 5 heteroatoms. The van der Waals surface area contributed by atoms with Gasteiger partial charge in [-0.2, -0.15) is 5.10 Å². The van der Waals surface area contributed by atoms with Gasteiger partial charge in [0.05, 0.1) is 23.0 Å². The molecule has 1 aliphatic rings. The molecule has 1 heterocycles. The molecule has 1 fully saturated rings. The number of aromatic nitrogens is 2. The van der Waals surface area contributed by atoms with E-state index in [1.165, 1.54) is 12.8 Å². The van der Waals surface area contributed by atoms with Crippen molar-refractivity contribution < 1.29 is 9.90 Å². The van der Waals surface area contributed by atoms with E-state index in [1.54, 1.807) is 10.9 Å². The SMILES string of the molecule is Cc1nn(-c2ccccc2)cc1C(=O)NCC(O)C1CCCC1. The highest BCUT2D eigenvalue weighted by Gasteiger charge is 2.24. The number of hydrogen-bond donors (Lipinski definition) is 2. The Bertz CT molecular complexity index is 660. The number of amides is 1. The Morgan fingerprint density at radius 1 is 1.35 bits per heavy atom. The number of aliphatic hydroxyl groups excluding tert-OH is 1. The molecule has 122 valence electrons. The van der Waals surface area contributed by atoms with Gasteiger partial charge in [0.25, 0.3) is 5.91 Å². The third-order valence-electron chi connectivity index (χ3n) is 4.58. The van der Waals surface area contributed by atoms with Crippen LogP contribution >= 0.6 is 0 Å². The van der Waals surface area contributed by atoms with Gasteiger partial charge in [0.15, 0.2) is 0 Å². The van der Waals surface area contributed by atoms with E-state index in [4.69, 9.17) is 0 Å². The van der Waals surface area contributed by atoms with Crippen LogP contribution in [0.1, 0.15) is 41.7 Å². The normalized spacial score (nSPS) is 16.4. The minimum Gasteiger partial charge on any atom is -0.391 e. The zero-order valence-corrected chi connectivity index (χ0v) is 13.4. The van der Waals surface area contributed by atoms with Gasteiger partial charge in [-0.15, -0.1) is 0 Å². The highest BCUT2D eigenvalue weighted by atomic mass is 16.3. The van der Waals surface area contributed by atoms with Crippen molar-refractivity contribution in [1.82, 2.24) is 15.1 Å². The van der Waals surface area contributed by atoms with Crippen molar-refractivity contribution in [2.75, 3.05) is 6.54 Å². The molecule has 0 bridgehead atoms. The van der Waals surface area contributed by atoms with E-state index in [-0.39, 0.29) is 5.91 Å². The summed E-state index contributed by atoms with van der Waals surface area (Å²) >= 11 is 0. The summed E-state index contributed by atoms with van der Waals surface area (Å²) in [5.74, 6) is 0.144. The maximum absolute atomic E-state index is 12.4. The van der Waals surface area contributed by atoms with E-state index in [2.05, 4.69) is 10.4 Å². The number of para-hydroxylation sites is 1. The molecule has 1 atom stereocenters. The molecule has 1 aromatic carbocycles. The summed E-state index contributed by atoms with van der Waals surface area (Å²) in [5, 5.41) is 17.4. The van der Waals surface area contributed by atoms with E-state index in [1.807, 2.05) is 37.3 Å². The summed E-state index contributed by atoms with van der Waals surface area (Å²) in [4.78, 5) is 12.4. The lowest BCUT2D eigenvalue weighted by molar-refractivity contribution is 0.0840. The van der Waals surface area contributed by atoms with Gasteiger partial charge in [-0.25, -0.2) is 4.68 Å². The molecule has 1 unspecified atom stereocenters. The zero-order valence-electron chi connectivity index (χ0n) is 13.4. The summed E-state index contributed by atoms with van der Waals surface area (Å²) in [5.41, 5.74) is 2.15. The highest BCUT2D eigenvalue weighted by Crippen LogP contribution is 2.27. The summed E-state index contributed by atoms with van der Waals surface area (Å²) in [6.45, 7) is 2.13. The molecule has 0 radical (unpaired) electrons. The molecular formula is C18H23N3O2. The van der Waals surface area contributed by atoms with Crippen molar-refractivity contribution in [3.05, 3.63) is 47.8 Å². The van der Waals surface area contributed by atoms with Crippen molar-refractivity contribution in [3.8, 4) is 5.69 Å². The Labute approximate surface area is 136 Å². The number of rotatable bonds is 5. The third kappa shape index (κ3) is 3.62. The van der Waals surface area contributed by atoms with Gasteiger partial charge in [-0.1, -0.05) is 31.0 Å². The van der Waals surface area contributed by atoms with Gasteiger partial charge in [-0.3, -0.25) is 4.79 Å². The van der Waals surface area contributed by atoms with Gasteiger partial charge in [0.2, 0.25) is 0 Å². The molecular weight excluding hydrogens is 290 g/mol. The van der Waals surface area contributed by atoms with Crippen molar-refractivity contribution in [3.63, 3.8) is 0 Å². The summed E-state index contributed by atoms with van der Waals surface area (Å²) in [6.07, 6.45) is 5.76. The number of hydrogen-bond acceptors (Lipinski definition) is 3. The first-order valence-corrected chi connectivity index (χ1v) is 8.23. The molecule has 3 rings (SSSR count). The number of carbonyl (C=O) groups excluding carboxylic acids is 1. The summed E-state index contributed by atoms with van der Waals surface area (Å²) < 4.78 is 1.71. The average Bonchev–Trinajstić information content (AvgIpc) is 3.23. The monoisotopic (exact) mass is 313 g/mol. The second-order valence-corrected chi connectivity index (χ2v) is 6.23. The fraction of sp³-hybridized carbons (Fsp3) is 0.444. The van der Waals surface area contributed by atoms with Gasteiger partial charge in [0.1, 0.15) is 0 Å². The number of aryl methyl sites for hydroxylation is 1. The smallest absolute Gasteiger partial charge is 0.254 e. The Hall–Kier alpha value is -2.14. The van der Waals surface area contributed by atoms with Crippen LogP contribution in [0.25, 0.3) is 5.69 Å². The third-order valence-corrected chi connectivity index (χ3v) is 4.58. The number of carbonyl (C=O) groups is 1. The Kier molecular flexibility index (Phi) is 4.76. The first-order chi connectivity index (χ1) is 11.1. The second kappa shape index (κ2) is 6.96. The van der Waals surface area contributed by atoms with E-state index in [0.29, 0.717) is 23.7 Å². The van der Waals surface area contributed by atoms with Crippen LogP contribution in [0, 0.1) is 12.8 Å². The molecule has 1 aliphatic carbocycles. The fourth-order valence-corrected chi connectivity index (χ4v) is 3.20. The molecule has 5 nitrogen and oxygen atoms in total. The predicted molar refractivity (Wildman–Crippen MR) is 88.6 cm³/mol. The van der Waals surface area contributed by atoms with Crippen LogP contribution in [0.15, 0.2) is 36.5 Å². The first kappa shape index (κ1) is 15.7. The Morgan fingerprint density at radius 2 is 2.04 bits per heavy atom. The molecule has 1 saturated carbocycles. The van der Waals surface area contributed by atoms with Crippen molar-refractivity contribution in [2.24, 2.45) is 5.92 Å². The molecule has 0 aliphatic heterocycles. The van der Waals surface area contributed by atoms with Crippen LogP contribution in [-0.2, 0) is 0 Å². The standard InChI is InChI=1S/C18H23N3O2/c1-13-16(12-21(20-13)15-9-3-2-4-10-15)18(23)19-11-17(22)14-7-5-6-8-14/h2-4,9-10,12,14,17,22H,5-8,11H2,1H3,(H,19,23). The lowest BCUT2D eigenvalue weighted by atomic mass is 10.0. The van der Waals surface area contributed by atoms with Crippen LogP contribution < -0.4 is 5.32 Å². The Morgan fingerprint density at radius 3 is 2.74 bits per heavy atom. The fourth-order valence-electron chi connectivity index (χ4n) is 3.20. The van der Waals surface area contributed by atoms with Crippen molar-refractivity contribution in [2.45, 2.75) is 38.7 Å². The average molecular weight is 313 g/mol. The maximum Gasteiger partial charge on any atom is 0.254 e. The lowest BCUT2D eigenvalue weighted by Gasteiger charge is -2.17.